The second-order valence-corrected chi connectivity index (χ2v) is 7.51. The van der Waals surface area contributed by atoms with E-state index < -0.39 is 0 Å². The van der Waals surface area contributed by atoms with Crippen LogP contribution >= 0.6 is 11.3 Å². The van der Waals surface area contributed by atoms with Crippen LogP contribution in [0, 0.1) is 6.92 Å². The smallest absolute Gasteiger partial charge is 0.271 e. The summed E-state index contributed by atoms with van der Waals surface area (Å²) < 4.78 is 5.84. The van der Waals surface area contributed by atoms with E-state index in [0.29, 0.717) is 12.2 Å². The Labute approximate surface area is 156 Å². The highest BCUT2D eigenvalue weighted by atomic mass is 32.1. The largest absolute Gasteiger partial charge is 0.465 e. The quantitative estimate of drug-likeness (QED) is 0.695. The highest BCUT2D eigenvalue weighted by Gasteiger charge is 2.26. The Bertz CT molecular complexity index is 862. The van der Waals surface area contributed by atoms with Crippen LogP contribution < -0.4 is 5.32 Å². The van der Waals surface area contributed by atoms with Gasteiger partial charge in [0, 0.05) is 6.54 Å². The van der Waals surface area contributed by atoms with Crippen LogP contribution in [0.2, 0.25) is 0 Å². The van der Waals surface area contributed by atoms with E-state index in [4.69, 9.17) is 4.42 Å². The number of rotatable bonds is 6. The second-order valence-electron chi connectivity index (χ2n) is 6.56. The maximum Gasteiger partial charge on any atom is 0.271 e. The Balaban J connectivity index is 1.44. The molecule has 0 aromatic carbocycles. The zero-order chi connectivity index (χ0) is 17.9. The third-order valence-electron chi connectivity index (χ3n) is 4.72. The molecule has 7 heteroatoms. The fraction of sp³-hybridized carbons (Fsp3) is 0.368. The van der Waals surface area contributed by atoms with Crippen LogP contribution in [0.3, 0.4) is 0 Å². The number of likely N-dealkylation sites (tertiary alicyclic amines) is 1. The fourth-order valence-corrected chi connectivity index (χ4v) is 4.06. The summed E-state index contributed by atoms with van der Waals surface area (Å²) in [6.45, 7) is 4.52. The average Bonchev–Trinajstić information content (AvgIpc) is 3.41. The van der Waals surface area contributed by atoms with Gasteiger partial charge in [-0.05, 0) is 62.5 Å². The number of carbonyl (C=O) groups is 1. The molecule has 1 amide bonds. The minimum absolute atomic E-state index is 0.0610. The van der Waals surface area contributed by atoms with Crippen LogP contribution in [0.1, 0.15) is 40.9 Å². The number of hydrogen-bond acceptors (Lipinski definition) is 5. The van der Waals surface area contributed by atoms with Gasteiger partial charge in [-0.2, -0.15) is 5.10 Å². The topological polar surface area (TPSA) is 74.2 Å². The number of nitrogens with one attached hydrogen (secondary N) is 2. The maximum absolute atomic E-state index is 12.5. The van der Waals surface area contributed by atoms with E-state index in [2.05, 4.69) is 20.4 Å². The van der Waals surface area contributed by atoms with Gasteiger partial charge in [-0.25, -0.2) is 0 Å². The first-order valence-corrected chi connectivity index (χ1v) is 9.76. The molecule has 1 unspecified atom stereocenters. The summed E-state index contributed by atoms with van der Waals surface area (Å²) in [6.07, 6.45) is 2.38. The molecule has 0 spiro atoms. The SMILES string of the molecule is Cc1ccc(C(CNC(=O)c2cc(-c3cccs3)[nH]n2)N2CCCC2)o1. The number of nitrogens with zero attached hydrogens (tertiary/aromatic N) is 2. The van der Waals surface area contributed by atoms with Crippen molar-refractivity contribution < 1.29 is 9.21 Å². The minimum atomic E-state index is -0.170. The molecule has 0 aliphatic carbocycles. The number of aryl methyl sites for hydroxylation is 1. The molecule has 0 radical (unpaired) electrons. The molecule has 2 N–H and O–H groups in total. The van der Waals surface area contributed by atoms with Crippen molar-refractivity contribution in [3.63, 3.8) is 0 Å². The number of hydrogen-bond donors (Lipinski definition) is 2. The molecule has 1 fully saturated rings. The summed E-state index contributed by atoms with van der Waals surface area (Å²) in [5.74, 6) is 1.63. The Morgan fingerprint density at radius 3 is 2.92 bits per heavy atom. The van der Waals surface area contributed by atoms with E-state index in [0.717, 1.165) is 35.2 Å². The second kappa shape index (κ2) is 7.47. The Kier molecular flexibility index (Phi) is 4.90. The number of carbonyl (C=O) groups excluding carboxylic acids is 1. The number of H-pyrrole nitrogens is 1. The Morgan fingerprint density at radius 2 is 2.23 bits per heavy atom. The molecule has 1 saturated heterocycles. The third kappa shape index (κ3) is 3.59. The van der Waals surface area contributed by atoms with E-state index in [9.17, 15) is 4.79 Å². The normalized spacial score (nSPS) is 16.0. The van der Waals surface area contributed by atoms with Crippen molar-refractivity contribution in [3.05, 3.63) is 52.9 Å². The van der Waals surface area contributed by atoms with Crippen LogP contribution in [0.5, 0.6) is 0 Å². The molecule has 0 bridgehead atoms. The molecule has 4 rings (SSSR count). The predicted molar refractivity (Wildman–Crippen MR) is 101 cm³/mol. The first kappa shape index (κ1) is 17.1. The molecule has 1 atom stereocenters. The molecule has 1 aliphatic rings. The summed E-state index contributed by atoms with van der Waals surface area (Å²) in [6, 6.07) is 9.82. The zero-order valence-corrected chi connectivity index (χ0v) is 15.5. The van der Waals surface area contributed by atoms with Crippen LogP contribution in [-0.2, 0) is 0 Å². The predicted octanol–water partition coefficient (Wildman–Crippen LogP) is 3.61. The minimum Gasteiger partial charge on any atom is -0.465 e. The van der Waals surface area contributed by atoms with Crippen molar-refractivity contribution in [2.45, 2.75) is 25.8 Å². The Hall–Kier alpha value is -2.38. The Morgan fingerprint density at radius 1 is 1.38 bits per heavy atom. The highest BCUT2D eigenvalue weighted by molar-refractivity contribution is 7.13. The number of amides is 1. The van der Waals surface area contributed by atoms with Gasteiger partial charge in [0.2, 0.25) is 0 Å². The van der Waals surface area contributed by atoms with Gasteiger partial charge in [-0.1, -0.05) is 6.07 Å². The zero-order valence-electron chi connectivity index (χ0n) is 14.7. The molecular formula is C19H22N4O2S. The summed E-state index contributed by atoms with van der Waals surface area (Å²) in [4.78, 5) is 16.0. The van der Waals surface area contributed by atoms with Crippen molar-refractivity contribution in [3.8, 4) is 10.6 Å². The van der Waals surface area contributed by atoms with Crippen LogP contribution in [0.25, 0.3) is 10.6 Å². The van der Waals surface area contributed by atoms with Crippen LogP contribution in [0.15, 0.2) is 40.1 Å². The van der Waals surface area contributed by atoms with Gasteiger partial charge in [-0.15, -0.1) is 11.3 Å². The molecule has 6 nitrogen and oxygen atoms in total. The molecule has 0 saturated carbocycles. The van der Waals surface area contributed by atoms with E-state index >= 15 is 0 Å². The molecular weight excluding hydrogens is 348 g/mol. The highest BCUT2D eigenvalue weighted by Crippen LogP contribution is 2.26. The first-order chi connectivity index (χ1) is 12.7. The number of aromatic amines is 1. The number of thiophene rings is 1. The van der Waals surface area contributed by atoms with Crippen molar-refractivity contribution in [1.82, 2.24) is 20.4 Å². The fourth-order valence-electron chi connectivity index (χ4n) is 3.37. The summed E-state index contributed by atoms with van der Waals surface area (Å²) >= 11 is 1.61. The number of aromatic nitrogens is 2. The van der Waals surface area contributed by atoms with Gasteiger partial charge >= 0.3 is 0 Å². The van der Waals surface area contributed by atoms with Gasteiger partial charge in [0.05, 0.1) is 16.6 Å². The molecule has 4 heterocycles. The summed E-state index contributed by atoms with van der Waals surface area (Å²) in [7, 11) is 0. The molecule has 3 aromatic heterocycles. The summed E-state index contributed by atoms with van der Waals surface area (Å²) in [5, 5.41) is 12.1. The van der Waals surface area contributed by atoms with Gasteiger partial charge in [-0.3, -0.25) is 14.8 Å². The summed E-state index contributed by atoms with van der Waals surface area (Å²) in [5.41, 5.74) is 1.27. The van der Waals surface area contributed by atoms with E-state index in [1.54, 1.807) is 17.4 Å². The lowest BCUT2D eigenvalue weighted by molar-refractivity contribution is 0.0928. The van der Waals surface area contributed by atoms with E-state index in [1.165, 1.54) is 12.8 Å². The lowest BCUT2D eigenvalue weighted by atomic mass is 10.2. The van der Waals surface area contributed by atoms with Crippen molar-refractivity contribution in [2.24, 2.45) is 0 Å². The molecule has 26 heavy (non-hydrogen) atoms. The van der Waals surface area contributed by atoms with Crippen molar-refractivity contribution >= 4 is 17.2 Å². The monoisotopic (exact) mass is 370 g/mol. The van der Waals surface area contributed by atoms with Gasteiger partial charge in [0.1, 0.15) is 11.5 Å². The molecule has 3 aromatic rings. The van der Waals surface area contributed by atoms with Crippen LogP contribution in [0.4, 0.5) is 0 Å². The van der Waals surface area contributed by atoms with Gasteiger partial charge in [0.25, 0.3) is 5.91 Å². The standard InChI is InChI=1S/C19H22N4O2S/c1-13-6-7-17(25-13)16(23-8-2-3-9-23)12-20-19(24)15-11-14(21-22-15)18-5-4-10-26-18/h4-7,10-11,16H,2-3,8-9,12H2,1H3,(H,20,24)(H,21,22). The van der Waals surface area contributed by atoms with Gasteiger partial charge < -0.3 is 9.73 Å². The maximum atomic E-state index is 12.5. The third-order valence-corrected chi connectivity index (χ3v) is 5.63. The van der Waals surface area contributed by atoms with E-state index in [-0.39, 0.29) is 11.9 Å². The van der Waals surface area contributed by atoms with Gasteiger partial charge in [0.15, 0.2) is 5.69 Å². The van der Waals surface area contributed by atoms with Crippen LogP contribution in [-0.4, -0.2) is 40.6 Å². The lowest BCUT2D eigenvalue weighted by Gasteiger charge is -2.25. The van der Waals surface area contributed by atoms with Crippen molar-refractivity contribution in [1.29, 1.82) is 0 Å². The van der Waals surface area contributed by atoms with Crippen molar-refractivity contribution in [2.75, 3.05) is 19.6 Å². The lowest BCUT2D eigenvalue weighted by Crippen LogP contribution is -2.36. The number of furan rings is 1. The molecule has 136 valence electrons. The first-order valence-electron chi connectivity index (χ1n) is 8.88. The van der Waals surface area contributed by atoms with E-state index in [1.807, 2.05) is 36.6 Å². The molecule has 1 aliphatic heterocycles. The average molecular weight is 370 g/mol.